The van der Waals surface area contributed by atoms with Crippen LogP contribution in [0.1, 0.15) is 18.5 Å². The summed E-state index contributed by atoms with van der Waals surface area (Å²) < 4.78 is 0. The number of nitrogens with one attached hydrogen (secondary N) is 3. The molecule has 0 saturated carbocycles. The third-order valence-electron chi connectivity index (χ3n) is 4.12. The van der Waals surface area contributed by atoms with Crippen molar-refractivity contribution in [1.82, 2.24) is 10.6 Å². The number of nitro benzene ring substituents is 1. The predicted octanol–water partition coefficient (Wildman–Crippen LogP) is 4.17. The van der Waals surface area contributed by atoms with Crippen LogP contribution in [0, 0.1) is 10.1 Å². The average Bonchev–Trinajstić information content (AvgIpc) is 2.61. The van der Waals surface area contributed by atoms with Crippen molar-refractivity contribution >= 4 is 46.5 Å². The second kappa shape index (κ2) is 7.87. The molecule has 10 heteroatoms. The Morgan fingerprint density at radius 3 is 2.46 bits per heavy atom. The number of urea groups is 1. The summed E-state index contributed by atoms with van der Waals surface area (Å²) >= 11 is 12.2. The Morgan fingerprint density at radius 1 is 1.18 bits per heavy atom. The van der Waals surface area contributed by atoms with Crippen LogP contribution in [-0.2, 0) is 4.79 Å². The standard InChI is InChI=1S/C18H14Cl2N4O4/c1-9-15(17(25)22-11-3-5-12(6-4-11)24(27)28)16(23-18(26)21-9)13-7-2-10(19)8-14(13)20/h2-8,16H,1H3,(H,22,25)(H2,21,23,26)/t16-/m1/s1. The van der Waals surface area contributed by atoms with Crippen molar-refractivity contribution in [1.29, 1.82) is 0 Å². The summed E-state index contributed by atoms with van der Waals surface area (Å²) in [6.45, 7) is 1.60. The highest BCUT2D eigenvalue weighted by Crippen LogP contribution is 2.33. The molecule has 2 aromatic rings. The Hall–Kier alpha value is -3.10. The van der Waals surface area contributed by atoms with Crippen molar-refractivity contribution in [3.05, 3.63) is 79.5 Å². The van der Waals surface area contributed by atoms with Gasteiger partial charge >= 0.3 is 6.03 Å². The van der Waals surface area contributed by atoms with Gasteiger partial charge in [-0.05, 0) is 36.8 Å². The Balaban J connectivity index is 1.93. The molecule has 3 rings (SSSR count). The molecule has 8 nitrogen and oxygen atoms in total. The predicted molar refractivity (Wildman–Crippen MR) is 105 cm³/mol. The number of nitro groups is 1. The SMILES string of the molecule is CC1=C(C(=O)Nc2ccc([N+](=O)[O-])cc2)[C@@H](c2ccc(Cl)cc2Cl)NC(=O)N1. The number of hydrogen-bond acceptors (Lipinski definition) is 4. The summed E-state index contributed by atoms with van der Waals surface area (Å²) in [6.07, 6.45) is 0. The van der Waals surface area contributed by atoms with Gasteiger partial charge in [0, 0.05) is 33.6 Å². The van der Waals surface area contributed by atoms with Gasteiger partial charge < -0.3 is 16.0 Å². The molecule has 0 aromatic heterocycles. The van der Waals surface area contributed by atoms with Crippen LogP contribution in [0.5, 0.6) is 0 Å². The number of carbonyl (C=O) groups excluding carboxylic acids is 2. The molecule has 0 fully saturated rings. The first-order valence-corrected chi connectivity index (χ1v) is 8.81. The molecule has 0 aliphatic carbocycles. The van der Waals surface area contributed by atoms with E-state index in [1.165, 1.54) is 30.3 Å². The van der Waals surface area contributed by atoms with E-state index in [0.29, 0.717) is 27.0 Å². The maximum atomic E-state index is 12.9. The van der Waals surface area contributed by atoms with Gasteiger partial charge in [0.2, 0.25) is 0 Å². The lowest BCUT2D eigenvalue weighted by Crippen LogP contribution is -2.46. The van der Waals surface area contributed by atoms with Gasteiger partial charge in [-0.15, -0.1) is 0 Å². The van der Waals surface area contributed by atoms with E-state index in [1.54, 1.807) is 19.1 Å². The number of benzene rings is 2. The Labute approximate surface area is 169 Å². The fourth-order valence-electron chi connectivity index (χ4n) is 2.83. The van der Waals surface area contributed by atoms with Crippen LogP contribution in [-0.4, -0.2) is 16.9 Å². The largest absolute Gasteiger partial charge is 0.327 e. The van der Waals surface area contributed by atoms with Gasteiger partial charge in [0.1, 0.15) is 0 Å². The van der Waals surface area contributed by atoms with E-state index in [-0.39, 0.29) is 11.3 Å². The molecule has 0 unspecified atom stereocenters. The maximum Gasteiger partial charge on any atom is 0.319 e. The second-order valence-corrected chi connectivity index (χ2v) is 6.84. The first-order chi connectivity index (χ1) is 13.3. The number of anilines is 1. The minimum absolute atomic E-state index is 0.0918. The van der Waals surface area contributed by atoms with Gasteiger partial charge in [0.05, 0.1) is 16.5 Å². The average molecular weight is 421 g/mol. The molecular formula is C18H14Cl2N4O4. The third kappa shape index (κ3) is 4.08. The third-order valence-corrected chi connectivity index (χ3v) is 4.69. The second-order valence-electron chi connectivity index (χ2n) is 5.99. The zero-order valence-corrected chi connectivity index (χ0v) is 16.0. The molecule has 2 aromatic carbocycles. The maximum absolute atomic E-state index is 12.9. The number of nitrogens with zero attached hydrogens (tertiary/aromatic N) is 1. The summed E-state index contributed by atoms with van der Waals surface area (Å²) in [5.74, 6) is -0.491. The van der Waals surface area contributed by atoms with Crippen LogP contribution >= 0.6 is 23.2 Å². The molecule has 0 bridgehead atoms. The summed E-state index contributed by atoms with van der Waals surface area (Å²) in [4.78, 5) is 35.1. The number of halogens is 2. The van der Waals surface area contributed by atoms with Crippen LogP contribution in [0.2, 0.25) is 10.0 Å². The Morgan fingerprint density at radius 2 is 1.86 bits per heavy atom. The Bertz CT molecular complexity index is 1010. The van der Waals surface area contributed by atoms with Crippen LogP contribution < -0.4 is 16.0 Å². The van der Waals surface area contributed by atoms with E-state index in [1.807, 2.05) is 0 Å². The molecular weight excluding hydrogens is 407 g/mol. The van der Waals surface area contributed by atoms with Crippen LogP contribution in [0.4, 0.5) is 16.2 Å². The summed E-state index contributed by atoms with van der Waals surface area (Å²) in [6, 6.07) is 8.91. The van der Waals surface area contributed by atoms with E-state index in [4.69, 9.17) is 23.2 Å². The number of hydrogen-bond donors (Lipinski definition) is 3. The molecule has 144 valence electrons. The van der Waals surface area contributed by atoms with E-state index in [2.05, 4.69) is 16.0 Å². The fourth-order valence-corrected chi connectivity index (χ4v) is 3.35. The zero-order valence-electron chi connectivity index (χ0n) is 14.5. The molecule has 3 amide bonds. The number of carbonyl (C=O) groups is 2. The minimum atomic E-state index is -0.795. The summed E-state index contributed by atoms with van der Waals surface area (Å²) in [7, 11) is 0. The van der Waals surface area contributed by atoms with Gasteiger partial charge in [-0.3, -0.25) is 14.9 Å². The van der Waals surface area contributed by atoms with Gasteiger partial charge in [-0.25, -0.2) is 4.79 Å². The Kier molecular flexibility index (Phi) is 5.53. The molecule has 1 aliphatic heterocycles. The molecule has 1 aliphatic rings. The molecule has 3 N–H and O–H groups in total. The topological polar surface area (TPSA) is 113 Å². The van der Waals surface area contributed by atoms with Gasteiger partial charge in [-0.2, -0.15) is 0 Å². The number of amides is 3. The lowest BCUT2D eigenvalue weighted by Gasteiger charge is -2.29. The lowest BCUT2D eigenvalue weighted by atomic mass is 9.94. The fraction of sp³-hybridized carbons (Fsp3) is 0.111. The van der Waals surface area contributed by atoms with Crippen LogP contribution in [0.15, 0.2) is 53.7 Å². The number of non-ortho nitro benzene ring substituents is 1. The van der Waals surface area contributed by atoms with Crippen molar-refractivity contribution in [3.8, 4) is 0 Å². The monoisotopic (exact) mass is 420 g/mol. The lowest BCUT2D eigenvalue weighted by molar-refractivity contribution is -0.384. The summed E-state index contributed by atoms with van der Waals surface area (Å²) in [5, 5.41) is 19.4. The van der Waals surface area contributed by atoms with Crippen LogP contribution in [0.3, 0.4) is 0 Å². The molecule has 0 saturated heterocycles. The molecule has 1 heterocycles. The first kappa shape index (κ1) is 19.7. The van der Waals surface area contributed by atoms with E-state index in [9.17, 15) is 19.7 Å². The van der Waals surface area contributed by atoms with Crippen LogP contribution in [0.25, 0.3) is 0 Å². The zero-order chi connectivity index (χ0) is 20.4. The highest BCUT2D eigenvalue weighted by molar-refractivity contribution is 6.35. The van der Waals surface area contributed by atoms with Gasteiger partial charge in [-0.1, -0.05) is 29.3 Å². The highest BCUT2D eigenvalue weighted by Gasteiger charge is 2.32. The van der Waals surface area contributed by atoms with Gasteiger partial charge in [0.15, 0.2) is 0 Å². The quantitative estimate of drug-likeness (QED) is 0.508. The molecule has 0 spiro atoms. The van der Waals surface area contributed by atoms with Crippen molar-refractivity contribution < 1.29 is 14.5 Å². The highest BCUT2D eigenvalue weighted by atomic mass is 35.5. The van der Waals surface area contributed by atoms with Crippen molar-refractivity contribution in [2.75, 3.05) is 5.32 Å². The van der Waals surface area contributed by atoms with Crippen molar-refractivity contribution in [3.63, 3.8) is 0 Å². The van der Waals surface area contributed by atoms with Gasteiger partial charge in [0.25, 0.3) is 11.6 Å². The van der Waals surface area contributed by atoms with E-state index < -0.39 is 22.9 Å². The van der Waals surface area contributed by atoms with E-state index in [0.717, 1.165) is 0 Å². The molecule has 1 atom stereocenters. The number of allylic oxidation sites excluding steroid dienone is 1. The first-order valence-electron chi connectivity index (χ1n) is 8.05. The molecule has 28 heavy (non-hydrogen) atoms. The summed E-state index contributed by atoms with van der Waals surface area (Å²) in [5.41, 5.74) is 1.40. The minimum Gasteiger partial charge on any atom is -0.327 e. The number of rotatable bonds is 4. The molecule has 0 radical (unpaired) electrons. The van der Waals surface area contributed by atoms with Crippen molar-refractivity contribution in [2.45, 2.75) is 13.0 Å². The smallest absolute Gasteiger partial charge is 0.319 e. The van der Waals surface area contributed by atoms with Crippen molar-refractivity contribution in [2.24, 2.45) is 0 Å². The van der Waals surface area contributed by atoms with E-state index >= 15 is 0 Å². The normalized spacial score (nSPS) is 16.2.